The second kappa shape index (κ2) is 5.06. The Kier molecular flexibility index (Phi) is 4.01. The maximum atomic E-state index is 9.68. The highest BCUT2D eigenvalue weighted by Gasteiger charge is 2.12. The molecule has 0 aliphatic heterocycles. The second-order valence-corrected chi connectivity index (χ2v) is 3.89. The molecule has 0 amide bonds. The molecular weight excluding hydrogens is 188 g/mol. The molecule has 1 N–H and O–H groups in total. The van der Waals surface area contributed by atoms with Gasteiger partial charge in [0, 0.05) is 0 Å². The number of hydrogen-bond acceptors (Lipinski definition) is 2. The maximum Gasteiger partial charge on any atom is 0.160 e. The molecule has 15 heavy (non-hydrogen) atoms. The lowest BCUT2D eigenvalue weighted by Gasteiger charge is -2.16. The van der Waals surface area contributed by atoms with Gasteiger partial charge in [0.05, 0.1) is 7.11 Å². The summed E-state index contributed by atoms with van der Waals surface area (Å²) in [5.74, 6) is 1.32. The zero-order valence-electron chi connectivity index (χ0n) is 10.0. The monoisotopic (exact) mass is 208 g/mol. The smallest absolute Gasteiger partial charge is 0.160 e. The molecule has 0 bridgehead atoms. The van der Waals surface area contributed by atoms with Crippen molar-refractivity contribution in [3.63, 3.8) is 0 Å². The minimum Gasteiger partial charge on any atom is -0.504 e. The van der Waals surface area contributed by atoms with Gasteiger partial charge in [0.15, 0.2) is 11.5 Å². The van der Waals surface area contributed by atoms with Gasteiger partial charge < -0.3 is 9.84 Å². The van der Waals surface area contributed by atoms with Crippen LogP contribution in [0, 0.1) is 0 Å². The normalized spacial score (nSPS) is 12.5. The summed E-state index contributed by atoms with van der Waals surface area (Å²) in [6.45, 7) is 6.47. The van der Waals surface area contributed by atoms with Crippen LogP contribution in [-0.2, 0) is 6.42 Å². The van der Waals surface area contributed by atoms with E-state index in [1.54, 1.807) is 7.11 Å². The molecule has 0 aliphatic carbocycles. The van der Waals surface area contributed by atoms with Gasteiger partial charge in [0.2, 0.25) is 0 Å². The van der Waals surface area contributed by atoms with Crippen molar-refractivity contribution in [3.8, 4) is 11.5 Å². The lowest BCUT2D eigenvalue weighted by atomic mass is 9.92. The summed E-state index contributed by atoms with van der Waals surface area (Å²) < 4.78 is 5.13. The van der Waals surface area contributed by atoms with Gasteiger partial charge in [-0.05, 0) is 42.0 Å². The van der Waals surface area contributed by atoms with Crippen LogP contribution >= 0.6 is 0 Å². The fraction of sp³-hybridized carbons (Fsp3) is 0.538. The number of phenols is 1. The van der Waals surface area contributed by atoms with Crippen LogP contribution in [0.5, 0.6) is 11.5 Å². The molecule has 0 heterocycles. The predicted molar refractivity (Wildman–Crippen MR) is 62.7 cm³/mol. The zero-order chi connectivity index (χ0) is 11.4. The molecule has 2 nitrogen and oxygen atoms in total. The Morgan fingerprint density at radius 2 is 2.00 bits per heavy atom. The Morgan fingerprint density at radius 3 is 2.47 bits per heavy atom. The molecule has 0 unspecified atom stereocenters. The molecule has 0 aromatic heterocycles. The number of aryl methyl sites for hydroxylation is 1. The molecule has 1 aromatic rings. The van der Waals surface area contributed by atoms with Crippen molar-refractivity contribution in [2.75, 3.05) is 7.11 Å². The summed E-state index contributed by atoms with van der Waals surface area (Å²) in [4.78, 5) is 0. The first-order chi connectivity index (χ1) is 7.13. The van der Waals surface area contributed by atoms with E-state index in [4.69, 9.17) is 4.74 Å². The number of phenolic OH excluding ortho intramolecular Hbond substituents is 1. The van der Waals surface area contributed by atoms with E-state index >= 15 is 0 Å². The van der Waals surface area contributed by atoms with Crippen LogP contribution in [0.1, 0.15) is 44.2 Å². The fourth-order valence-corrected chi connectivity index (χ4v) is 1.78. The molecule has 1 aromatic carbocycles. The molecule has 0 radical (unpaired) electrons. The molecule has 0 fully saturated rings. The van der Waals surface area contributed by atoms with Crippen molar-refractivity contribution in [1.82, 2.24) is 0 Å². The van der Waals surface area contributed by atoms with E-state index in [1.165, 1.54) is 11.1 Å². The second-order valence-electron chi connectivity index (χ2n) is 3.89. The van der Waals surface area contributed by atoms with E-state index in [0.29, 0.717) is 11.7 Å². The van der Waals surface area contributed by atoms with Gasteiger partial charge in [-0.1, -0.05) is 20.8 Å². The van der Waals surface area contributed by atoms with Crippen LogP contribution in [0.3, 0.4) is 0 Å². The number of ether oxygens (including phenoxy) is 1. The van der Waals surface area contributed by atoms with Crippen LogP contribution < -0.4 is 4.74 Å². The highest BCUT2D eigenvalue weighted by Crippen LogP contribution is 2.34. The molecule has 1 atom stereocenters. The third kappa shape index (κ3) is 2.44. The third-order valence-corrected chi connectivity index (χ3v) is 2.96. The molecule has 84 valence electrons. The van der Waals surface area contributed by atoms with Gasteiger partial charge in [-0.15, -0.1) is 0 Å². The van der Waals surface area contributed by atoms with Crippen molar-refractivity contribution in [2.45, 2.75) is 39.5 Å². The average Bonchev–Trinajstić information content (AvgIpc) is 2.27. The SMILES string of the molecule is CCc1cc(O)c(OC)cc1[C@H](C)CC. The summed E-state index contributed by atoms with van der Waals surface area (Å²) in [7, 11) is 1.58. The largest absolute Gasteiger partial charge is 0.504 e. The van der Waals surface area contributed by atoms with Crippen molar-refractivity contribution in [2.24, 2.45) is 0 Å². The summed E-state index contributed by atoms with van der Waals surface area (Å²) in [5.41, 5.74) is 2.50. The zero-order valence-corrected chi connectivity index (χ0v) is 10.0. The van der Waals surface area contributed by atoms with Crippen molar-refractivity contribution in [3.05, 3.63) is 23.3 Å². The molecule has 1 rings (SSSR count). The number of benzene rings is 1. The average molecular weight is 208 g/mol. The summed E-state index contributed by atoms with van der Waals surface area (Å²) >= 11 is 0. The molecule has 2 heteroatoms. The lowest BCUT2D eigenvalue weighted by molar-refractivity contribution is 0.372. The van der Waals surface area contributed by atoms with Crippen LogP contribution in [0.2, 0.25) is 0 Å². The molecule has 0 saturated carbocycles. The quantitative estimate of drug-likeness (QED) is 0.820. The number of aromatic hydroxyl groups is 1. The number of rotatable bonds is 4. The van der Waals surface area contributed by atoms with E-state index < -0.39 is 0 Å². The Morgan fingerprint density at radius 1 is 1.33 bits per heavy atom. The molecular formula is C13H20O2. The molecule has 0 saturated heterocycles. The van der Waals surface area contributed by atoms with E-state index in [1.807, 2.05) is 12.1 Å². The van der Waals surface area contributed by atoms with Crippen molar-refractivity contribution < 1.29 is 9.84 Å². The highest BCUT2D eigenvalue weighted by atomic mass is 16.5. The Bertz CT molecular complexity index is 332. The van der Waals surface area contributed by atoms with Gasteiger partial charge in [0.1, 0.15) is 0 Å². The first-order valence-electron chi connectivity index (χ1n) is 5.53. The van der Waals surface area contributed by atoms with E-state index in [2.05, 4.69) is 20.8 Å². The van der Waals surface area contributed by atoms with Crippen molar-refractivity contribution in [1.29, 1.82) is 0 Å². The fourth-order valence-electron chi connectivity index (χ4n) is 1.78. The van der Waals surface area contributed by atoms with Crippen LogP contribution in [0.4, 0.5) is 0 Å². The van der Waals surface area contributed by atoms with Gasteiger partial charge in [-0.25, -0.2) is 0 Å². The highest BCUT2D eigenvalue weighted by molar-refractivity contribution is 5.47. The summed E-state index contributed by atoms with van der Waals surface area (Å²) in [6.07, 6.45) is 2.04. The third-order valence-electron chi connectivity index (χ3n) is 2.96. The van der Waals surface area contributed by atoms with Crippen LogP contribution in [0.15, 0.2) is 12.1 Å². The summed E-state index contributed by atoms with van der Waals surface area (Å²) in [5, 5.41) is 9.68. The Balaban J connectivity index is 3.22. The van der Waals surface area contributed by atoms with Crippen LogP contribution in [0.25, 0.3) is 0 Å². The summed E-state index contributed by atoms with van der Waals surface area (Å²) in [6, 6.07) is 3.78. The first kappa shape index (κ1) is 11.9. The van der Waals surface area contributed by atoms with Gasteiger partial charge in [-0.2, -0.15) is 0 Å². The van der Waals surface area contributed by atoms with Crippen molar-refractivity contribution >= 4 is 0 Å². The number of methoxy groups -OCH3 is 1. The Labute approximate surface area is 91.9 Å². The minimum atomic E-state index is 0.237. The topological polar surface area (TPSA) is 29.5 Å². The van der Waals surface area contributed by atoms with E-state index in [0.717, 1.165) is 12.8 Å². The minimum absolute atomic E-state index is 0.237. The number of hydrogen-bond donors (Lipinski definition) is 1. The van der Waals surface area contributed by atoms with E-state index in [-0.39, 0.29) is 5.75 Å². The standard InChI is InChI=1S/C13H20O2/c1-5-9(3)11-8-13(15-4)12(14)7-10(11)6-2/h7-9,14H,5-6H2,1-4H3/t9-/m1/s1. The first-order valence-corrected chi connectivity index (χ1v) is 5.53. The lowest BCUT2D eigenvalue weighted by Crippen LogP contribution is -1.99. The molecule has 0 aliphatic rings. The van der Waals surface area contributed by atoms with Gasteiger partial charge in [-0.3, -0.25) is 0 Å². The molecule has 0 spiro atoms. The van der Waals surface area contributed by atoms with E-state index in [9.17, 15) is 5.11 Å². The van der Waals surface area contributed by atoms with Gasteiger partial charge >= 0.3 is 0 Å². The van der Waals surface area contributed by atoms with Crippen LogP contribution in [-0.4, -0.2) is 12.2 Å². The maximum absolute atomic E-state index is 9.68. The predicted octanol–water partition coefficient (Wildman–Crippen LogP) is 3.48. The Hall–Kier alpha value is -1.18. The van der Waals surface area contributed by atoms with Gasteiger partial charge in [0.25, 0.3) is 0 Å².